The number of thiazole rings is 1. The quantitative estimate of drug-likeness (QED) is 0.387. The van der Waals surface area contributed by atoms with E-state index >= 15 is 0 Å². The number of rotatable bonds is 5. The van der Waals surface area contributed by atoms with E-state index in [1.165, 1.54) is 35.1 Å². The van der Waals surface area contributed by atoms with Crippen LogP contribution >= 0.6 is 23.1 Å². The van der Waals surface area contributed by atoms with Gasteiger partial charge in [0.1, 0.15) is 23.4 Å². The number of hydrogen-bond donors (Lipinski definition) is 1. The van der Waals surface area contributed by atoms with Crippen molar-refractivity contribution in [2.24, 2.45) is 5.92 Å². The first-order chi connectivity index (χ1) is 17.9. The Morgan fingerprint density at radius 3 is 2.43 bits per heavy atom. The van der Waals surface area contributed by atoms with Gasteiger partial charge in [0.25, 0.3) is 0 Å². The van der Waals surface area contributed by atoms with Gasteiger partial charge in [0, 0.05) is 5.69 Å². The van der Waals surface area contributed by atoms with Crippen molar-refractivity contribution in [2.45, 2.75) is 22.7 Å². The van der Waals surface area contributed by atoms with E-state index < -0.39 is 40.6 Å². The number of anilines is 2. The Hall–Kier alpha value is -3.96. The number of imide groups is 1. The van der Waals surface area contributed by atoms with Gasteiger partial charge >= 0.3 is 4.87 Å². The monoisotopic (exact) mass is 535 g/mol. The number of aromatic nitrogens is 1. The molecular formula is C26H18FN3O5S2. The van der Waals surface area contributed by atoms with Crippen LogP contribution in [-0.4, -0.2) is 27.5 Å². The molecule has 0 bridgehead atoms. The minimum absolute atomic E-state index is 0.251. The number of thioether (sulfide) groups is 1. The molecular weight excluding hydrogens is 517 g/mol. The normalized spacial score (nSPS) is 20.6. The molecule has 2 aliphatic heterocycles. The molecule has 186 valence electrons. The van der Waals surface area contributed by atoms with E-state index in [0.717, 1.165) is 28.0 Å². The first kappa shape index (κ1) is 23.4. The van der Waals surface area contributed by atoms with E-state index in [9.17, 15) is 23.6 Å². The largest absolute Gasteiger partial charge is 0.469 e. The van der Waals surface area contributed by atoms with Crippen LogP contribution in [0.4, 0.5) is 15.8 Å². The smallest absolute Gasteiger partial charge is 0.308 e. The molecule has 3 amide bonds. The summed E-state index contributed by atoms with van der Waals surface area (Å²) < 4.78 is 20.5. The Bertz CT molecular complexity index is 1560. The second-order valence-electron chi connectivity index (χ2n) is 8.58. The van der Waals surface area contributed by atoms with Crippen LogP contribution < -0.4 is 15.1 Å². The number of nitrogens with one attached hydrogen (secondary N) is 1. The lowest BCUT2D eigenvalue weighted by Gasteiger charge is -2.29. The zero-order valence-corrected chi connectivity index (χ0v) is 20.6. The molecule has 4 heterocycles. The van der Waals surface area contributed by atoms with Gasteiger partial charge in [-0.3, -0.25) is 23.7 Å². The molecule has 8 nitrogen and oxygen atoms in total. The van der Waals surface area contributed by atoms with Gasteiger partial charge in [0.2, 0.25) is 17.7 Å². The molecule has 1 N–H and O–H groups in total. The lowest BCUT2D eigenvalue weighted by atomic mass is 9.87. The third-order valence-electron chi connectivity index (χ3n) is 6.34. The fourth-order valence-electron chi connectivity index (χ4n) is 4.74. The van der Waals surface area contributed by atoms with Gasteiger partial charge in [-0.1, -0.05) is 41.3 Å². The maximum atomic E-state index is 13.6. The third kappa shape index (κ3) is 4.00. The Morgan fingerprint density at radius 2 is 1.73 bits per heavy atom. The fraction of sp³-hybridized carbons (Fsp3) is 0.154. The summed E-state index contributed by atoms with van der Waals surface area (Å²) in [7, 11) is 0. The zero-order valence-electron chi connectivity index (χ0n) is 19.0. The van der Waals surface area contributed by atoms with Crippen molar-refractivity contribution in [1.29, 1.82) is 0 Å². The molecule has 1 saturated heterocycles. The summed E-state index contributed by atoms with van der Waals surface area (Å²) in [6, 6.07) is 17.4. The molecule has 3 unspecified atom stereocenters. The average molecular weight is 536 g/mol. The summed E-state index contributed by atoms with van der Waals surface area (Å²) in [4.78, 5) is 54.3. The van der Waals surface area contributed by atoms with Crippen LogP contribution in [0.15, 0.2) is 87.2 Å². The summed E-state index contributed by atoms with van der Waals surface area (Å²) in [6.45, 7) is -0.251. The molecule has 2 aromatic carbocycles. The second kappa shape index (κ2) is 9.16. The van der Waals surface area contributed by atoms with Gasteiger partial charge in [0.15, 0.2) is 0 Å². The second-order valence-corrected chi connectivity index (χ2v) is 10.7. The maximum Gasteiger partial charge on any atom is 0.308 e. The Balaban J connectivity index is 1.39. The predicted octanol–water partition coefficient (Wildman–Crippen LogP) is 4.08. The van der Waals surface area contributed by atoms with Crippen LogP contribution in [0.25, 0.3) is 0 Å². The summed E-state index contributed by atoms with van der Waals surface area (Å²) in [6.07, 6.45) is 1.47. The lowest BCUT2D eigenvalue weighted by Crippen LogP contribution is -2.32. The highest BCUT2D eigenvalue weighted by Gasteiger charge is 2.57. The van der Waals surface area contributed by atoms with Crippen molar-refractivity contribution in [3.63, 3.8) is 0 Å². The highest BCUT2D eigenvalue weighted by Crippen LogP contribution is 2.53. The topological polar surface area (TPSA) is 102 Å². The number of nitrogens with zero attached hydrogens (tertiary/aromatic N) is 2. The summed E-state index contributed by atoms with van der Waals surface area (Å²) in [5.74, 6) is -2.86. The standard InChI is InChI=1S/C26H18FN3O5S2/c27-14-8-10-16(11-9-14)30-23(32)20-19(17-7-4-12-35-17)22-25(36-21(20)24(30)33)29(26(34)37-22)13-18(31)28-15-5-2-1-3-6-15/h1-12,19-21H,13H2,(H,28,31). The highest BCUT2D eigenvalue weighted by molar-refractivity contribution is 8.00. The van der Waals surface area contributed by atoms with Crippen molar-refractivity contribution in [3.8, 4) is 0 Å². The highest BCUT2D eigenvalue weighted by atomic mass is 32.2. The molecule has 37 heavy (non-hydrogen) atoms. The van der Waals surface area contributed by atoms with E-state index in [0.29, 0.717) is 21.4 Å². The van der Waals surface area contributed by atoms with Crippen LogP contribution in [0.5, 0.6) is 0 Å². The lowest BCUT2D eigenvalue weighted by molar-refractivity contribution is -0.122. The molecule has 1 fully saturated rings. The van der Waals surface area contributed by atoms with Gasteiger partial charge in [0.05, 0.1) is 33.7 Å². The summed E-state index contributed by atoms with van der Waals surface area (Å²) >= 11 is 2.04. The Kier molecular flexibility index (Phi) is 5.81. The molecule has 0 aliphatic carbocycles. The van der Waals surface area contributed by atoms with Crippen LogP contribution in [0.1, 0.15) is 16.6 Å². The number of carbonyl (C=O) groups excluding carboxylic acids is 3. The van der Waals surface area contributed by atoms with Crippen LogP contribution in [0.2, 0.25) is 0 Å². The number of halogens is 1. The van der Waals surface area contributed by atoms with E-state index in [2.05, 4.69) is 5.32 Å². The van der Waals surface area contributed by atoms with Crippen molar-refractivity contribution >= 4 is 52.2 Å². The van der Waals surface area contributed by atoms with Crippen molar-refractivity contribution in [3.05, 3.63) is 99.1 Å². The third-order valence-corrected chi connectivity index (χ3v) is 8.95. The molecule has 4 aromatic rings. The molecule has 2 aliphatic rings. The van der Waals surface area contributed by atoms with Crippen molar-refractivity contribution in [1.82, 2.24) is 4.57 Å². The maximum absolute atomic E-state index is 13.6. The first-order valence-electron chi connectivity index (χ1n) is 11.3. The summed E-state index contributed by atoms with van der Waals surface area (Å²) in [5.41, 5.74) is 0.866. The predicted molar refractivity (Wildman–Crippen MR) is 136 cm³/mol. The minimum Gasteiger partial charge on any atom is -0.469 e. The molecule has 0 spiro atoms. The Morgan fingerprint density at radius 1 is 0.973 bits per heavy atom. The van der Waals surface area contributed by atoms with Crippen LogP contribution in [0.3, 0.4) is 0 Å². The average Bonchev–Trinajstić information content (AvgIpc) is 3.58. The van der Waals surface area contributed by atoms with Crippen molar-refractivity contribution < 1.29 is 23.2 Å². The van der Waals surface area contributed by atoms with E-state index in [1.807, 2.05) is 6.07 Å². The van der Waals surface area contributed by atoms with Gasteiger partial charge < -0.3 is 9.73 Å². The Labute approximate surface area is 217 Å². The number of fused-ring (bicyclic) bond motifs is 2. The van der Waals surface area contributed by atoms with Crippen LogP contribution in [-0.2, 0) is 20.9 Å². The number of para-hydroxylation sites is 1. The fourth-order valence-corrected chi connectivity index (χ4v) is 7.49. The van der Waals surface area contributed by atoms with Gasteiger partial charge in [-0.2, -0.15) is 0 Å². The number of benzene rings is 2. The van der Waals surface area contributed by atoms with E-state index in [-0.39, 0.29) is 17.1 Å². The molecule has 2 aromatic heterocycles. The van der Waals surface area contributed by atoms with Gasteiger partial charge in [-0.25, -0.2) is 9.29 Å². The molecule has 0 saturated carbocycles. The van der Waals surface area contributed by atoms with E-state index in [1.54, 1.807) is 36.4 Å². The van der Waals surface area contributed by atoms with E-state index in [4.69, 9.17) is 4.42 Å². The molecule has 11 heteroatoms. The molecule has 0 radical (unpaired) electrons. The summed E-state index contributed by atoms with van der Waals surface area (Å²) in [5, 5.41) is 2.38. The number of furan rings is 1. The minimum atomic E-state index is -0.849. The van der Waals surface area contributed by atoms with Gasteiger partial charge in [-0.15, -0.1) is 0 Å². The first-order valence-corrected chi connectivity index (χ1v) is 13.0. The van der Waals surface area contributed by atoms with Crippen molar-refractivity contribution in [2.75, 3.05) is 10.2 Å². The number of hydrogen-bond acceptors (Lipinski definition) is 7. The number of amides is 3. The van der Waals surface area contributed by atoms with Crippen LogP contribution in [0, 0.1) is 11.7 Å². The van der Waals surface area contributed by atoms with Gasteiger partial charge in [-0.05, 0) is 48.5 Å². The SMILES string of the molecule is O=C(Cn1c2c(sc1=O)C(c1ccco1)C1C(=O)N(c3ccc(F)cc3)C(=O)C1S2)Nc1ccccc1. The zero-order chi connectivity index (χ0) is 25.7. The molecule has 6 rings (SSSR count). The number of carbonyl (C=O) groups is 3. The molecule has 3 atom stereocenters.